The Labute approximate surface area is 160 Å². The van der Waals surface area contributed by atoms with Crippen molar-refractivity contribution in [2.75, 3.05) is 0 Å². The Bertz CT molecular complexity index is 1050. The molecule has 3 aromatic heterocycles. The fourth-order valence-electron chi connectivity index (χ4n) is 3.31. The topological polar surface area (TPSA) is 94.0 Å². The highest BCUT2D eigenvalue weighted by Gasteiger charge is 2.27. The molecule has 0 aliphatic carbocycles. The molecule has 1 atom stereocenters. The summed E-state index contributed by atoms with van der Waals surface area (Å²) in [6, 6.07) is 1.74. The first-order valence-corrected chi connectivity index (χ1v) is 9.31. The van der Waals surface area contributed by atoms with E-state index in [4.69, 9.17) is 4.74 Å². The van der Waals surface area contributed by atoms with Gasteiger partial charge in [-0.15, -0.1) is 11.3 Å². The molecule has 1 N–H and O–H groups in total. The number of hydrogen-bond donors (Lipinski definition) is 1. The van der Waals surface area contributed by atoms with Gasteiger partial charge in [-0.25, -0.2) is 4.79 Å². The van der Waals surface area contributed by atoms with Gasteiger partial charge >= 0.3 is 5.97 Å². The molecule has 8 heteroatoms. The number of carbonyl (C=O) groups excluding carboxylic acids is 3. The third kappa shape index (κ3) is 3.21. The molecule has 0 radical (unpaired) electrons. The summed E-state index contributed by atoms with van der Waals surface area (Å²) in [5, 5.41) is 5.20. The normalized spacial score (nSPS) is 12.4. The van der Waals surface area contributed by atoms with E-state index in [0.29, 0.717) is 27.4 Å². The van der Waals surface area contributed by atoms with Gasteiger partial charge in [0.2, 0.25) is 5.78 Å². The molecule has 7 nitrogen and oxygen atoms in total. The van der Waals surface area contributed by atoms with Crippen molar-refractivity contribution in [3.8, 4) is 0 Å². The Hall–Kier alpha value is -2.74. The van der Waals surface area contributed by atoms with Crippen molar-refractivity contribution in [2.24, 2.45) is 7.05 Å². The number of ether oxygens (including phenoxy) is 1. The Morgan fingerprint density at radius 3 is 2.48 bits per heavy atom. The smallest absolute Gasteiger partial charge is 0.349 e. The fraction of sp³-hybridized carbons (Fsp3) is 0.368. The molecule has 3 aromatic rings. The van der Waals surface area contributed by atoms with Gasteiger partial charge in [0.1, 0.15) is 9.71 Å². The van der Waals surface area contributed by atoms with E-state index in [2.05, 4.69) is 10.1 Å². The molecular formula is C19H21N3O4S. The molecule has 0 bridgehead atoms. The van der Waals surface area contributed by atoms with Gasteiger partial charge < -0.3 is 9.72 Å². The summed E-state index contributed by atoms with van der Waals surface area (Å²) in [5.74, 6) is -1.03. The average Bonchev–Trinajstić information content (AvgIpc) is 3.22. The van der Waals surface area contributed by atoms with Crippen molar-refractivity contribution in [1.29, 1.82) is 0 Å². The van der Waals surface area contributed by atoms with Crippen molar-refractivity contribution in [3.05, 3.63) is 39.2 Å². The van der Waals surface area contributed by atoms with Gasteiger partial charge in [0, 0.05) is 23.7 Å². The van der Waals surface area contributed by atoms with Gasteiger partial charge in [-0.3, -0.25) is 14.3 Å². The molecule has 0 saturated heterocycles. The van der Waals surface area contributed by atoms with Crippen LogP contribution in [0.4, 0.5) is 0 Å². The number of thiophene rings is 1. The number of aryl methyl sites for hydroxylation is 3. The zero-order chi connectivity index (χ0) is 20.0. The lowest BCUT2D eigenvalue weighted by Crippen LogP contribution is -2.25. The lowest BCUT2D eigenvalue weighted by atomic mass is 10.0. The van der Waals surface area contributed by atoms with Crippen molar-refractivity contribution < 1.29 is 19.1 Å². The Kier molecular flexibility index (Phi) is 4.77. The standard InChI is InChI=1S/C19H21N3O4S/c1-8-15(11(4)23)10(3)20-16(8)17(24)12(5)26-19(25)14-7-13-9(2)21-22(6)18(13)27-14/h7,12,20H,1-6H3/t12-/m0/s1. The van der Waals surface area contributed by atoms with Crippen LogP contribution in [0.5, 0.6) is 0 Å². The SMILES string of the molecule is CC(=O)c1c(C)[nH]c(C(=O)[C@H](C)OC(=O)c2cc3c(C)nn(C)c3s2)c1C. The number of aromatic amines is 1. The molecular weight excluding hydrogens is 366 g/mol. The second-order valence-corrected chi connectivity index (χ2v) is 7.66. The van der Waals surface area contributed by atoms with Crippen LogP contribution in [0.2, 0.25) is 0 Å². The van der Waals surface area contributed by atoms with E-state index in [0.717, 1.165) is 15.9 Å². The van der Waals surface area contributed by atoms with Gasteiger partial charge in [0.25, 0.3) is 0 Å². The number of Topliss-reactive ketones (excluding diaryl/α,β-unsaturated/α-hetero) is 2. The highest BCUT2D eigenvalue weighted by atomic mass is 32.1. The first-order chi connectivity index (χ1) is 12.6. The molecule has 0 spiro atoms. The zero-order valence-electron chi connectivity index (χ0n) is 16.1. The lowest BCUT2D eigenvalue weighted by molar-refractivity contribution is 0.0321. The highest BCUT2D eigenvalue weighted by Crippen LogP contribution is 2.28. The summed E-state index contributed by atoms with van der Waals surface area (Å²) >= 11 is 1.28. The van der Waals surface area contributed by atoms with E-state index in [1.54, 1.807) is 24.6 Å². The number of aromatic nitrogens is 3. The fourth-order valence-corrected chi connectivity index (χ4v) is 4.31. The third-order valence-electron chi connectivity index (χ3n) is 4.59. The van der Waals surface area contributed by atoms with Crippen LogP contribution in [-0.4, -0.2) is 38.4 Å². The molecule has 3 rings (SSSR count). The van der Waals surface area contributed by atoms with Gasteiger partial charge in [-0.2, -0.15) is 5.10 Å². The van der Waals surface area contributed by atoms with Gasteiger partial charge in [-0.1, -0.05) is 0 Å². The van der Waals surface area contributed by atoms with Crippen LogP contribution in [-0.2, 0) is 11.8 Å². The third-order valence-corrected chi connectivity index (χ3v) is 5.77. The predicted octanol–water partition coefficient (Wildman–Crippen LogP) is 3.52. The number of fused-ring (bicyclic) bond motifs is 1. The lowest BCUT2D eigenvalue weighted by Gasteiger charge is -2.11. The Morgan fingerprint density at radius 1 is 1.26 bits per heavy atom. The first-order valence-electron chi connectivity index (χ1n) is 8.50. The van der Waals surface area contributed by atoms with Gasteiger partial charge in [0.05, 0.1) is 11.4 Å². The molecule has 0 aromatic carbocycles. The summed E-state index contributed by atoms with van der Waals surface area (Å²) in [4.78, 5) is 41.2. The second kappa shape index (κ2) is 6.77. The molecule has 0 saturated carbocycles. The average molecular weight is 387 g/mol. The first kappa shape index (κ1) is 19.0. The number of H-pyrrole nitrogens is 1. The number of carbonyl (C=O) groups is 3. The van der Waals surface area contributed by atoms with Crippen LogP contribution in [0.25, 0.3) is 10.2 Å². The maximum atomic E-state index is 12.7. The highest BCUT2D eigenvalue weighted by molar-refractivity contribution is 7.20. The van der Waals surface area contributed by atoms with E-state index < -0.39 is 12.1 Å². The minimum atomic E-state index is -0.974. The summed E-state index contributed by atoms with van der Waals surface area (Å²) in [5.41, 5.74) is 2.85. The van der Waals surface area contributed by atoms with E-state index in [1.165, 1.54) is 25.2 Å². The minimum Gasteiger partial charge on any atom is -0.450 e. The van der Waals surface area contributed by atoms with Crippen LogP contribution in [0.15, 0.2) is 6.07 Å². The molecule has 27 heavy (non-hydrogen) atoms. The number of nitrogens with one attached hydrogen (secondary N) is 1. The molecule has 0 fully saturated rings. The Morgan fingerprint density at radius 2 is 1.93 bits per heavy atom. The molecule has 0 unspecified atom stereocenters. The van der Waals surface area contributed by atoms with Crippen molar-refractivity contribution in [2.45, 2.75) is 40.7 Å². The molecule has 3 heterocycles. The van der Waals surface area contributed by atoms with E-state index >= 15 is 0 Å². The number of ketones is 2. The Balaban J connectivity index is 1.81. The summed E-state index contributed by atoms with van der Waals surface area (Å²) in [6.45, 7) is 8.32. The maximum absolute atomic E-state index is 12.7. The predicted molar refractivity (Wildman–Crippen MR) is 103 cm³/mol. The number of rotatable bonds is 5. The van der Waals surface area contributed by atoms with Crippen LogP contribution < -0.4 is 0 Å². The summed E-state index contributed by atoms with van der Waals surface area (Å²) < 4.78 is 7.10. The monoisotopic (exact) mass is 387 g/mol. The van der Waals surface area contributed by atoms with Crippen LogP contribution >= 0.6 is 11.3 Å². The zero-order valence-corrected chi connectivity index (χ0v) is 16.9. The van der Waals surface area contributed by atoms with Crippen molar-refractivity contribution >= 4 is 39.1 Å². The summed E-state index contributed by atoms with van der Waals surface area (Å²) in [7, 11) is 1.82. The maximum Gasteiger partial charge on any atom is 0.349 e. The molecule has 142 valence electrons. The van der Waals surface area contributed by atoms with Crippen LogP contribution in [0, 0.1) is 20.8 Å². The molecule has 0 amide bonds. The summed E-state index contributed by atoms with van der Waals surface area (Å²) in [6.07, 6.45) is -0.974. The molecule has 0 aliphatic heterocycles. The number of nitrogens with zero attached hydrogens (tertiary/aromatic N) is 2. The minimum absolute atomic E-state index is 0.112. The number of hydrogen-bond acceptors (Lipinski definition) is 6. The van der Waals surface area contributed by atoms with Crippen molar-refractivity contribution in [3.63, 3.8) is 0 Å². The van der Waals surface area contributed by atoms with Crippen LogP contribution in [0.3, 0.4) is 0 Å². The van der Waals surface area contributed by atoms with E-state index in [1.807, 2.05) is 14.0 Å². The molecule has 0 aliphatic rings. The van der Waals surface area contributed by atoms with Gasteiger partial charge in [-0.05, 0) is 46.2 Å². The van der Waals surface area contributed by atoms with Crippen molar-refractivity contribution in [1.82, 2.24) is 14.8 Å². The quantitative estimate of drug-likeness (QED) is 0.534. The van der Waals surface area contributed by atoms with E-state index in [9.17, 15) is 14.4 Å². The largest absolute Gasteiger partial charge is 0.450 e. The number of esters is 1. The van der Waals surface area contributed by atoms with Crippen LogP contribution in [0.1, 0.15) is 61.3 Å². The van der Waals surface area contributed by atoms with Gasteiger partial charge in [0.15, 0.2) is 11.9 Å². The second-order valence-electron chi connectivity index (χ2n) is 6.63. The van der Waals surface area contributed by atoms with E-state index in [-0.39, 0.29) is 11.6 Å².